The summed E-state index contributed by atoms with van der Waals surface area (Å²) in [5.41, 5.74) is 0. The van der Waals surface area contributed by atoms with Gasteiger partial charge in [0.15, 0.2) is 16.7 Å². The topological polar surface area (TPSA) is 73.4 Å². The maximum absolute atomic E-state index is 12.5. The van der Waals surface area contributed by atoms with Crippen molar-refractivity contribution in [2.24, 2.45) is 5.92 Å². The van der Waals surface area contributed by atoms with Gasteiger partial charge < -0.3 is 14.1 Å². The van der Waals surface area contributed by atoms with Gasteiger partial charge in [-0.15, -0.1) is 10.2 Å². The van der Waals surface area contributed by atoms with E-state index < -0.39 is 0 Å². The second-order valence-corrected chi connectivity index (χ2v) is 8.57. The van der Waals surface area contributed by atoms with Crippen LogP contribution in [0.3, 0.4) is 0 Å². The summed E-state index contributed by atoms with van der Waals surface area (Å²) < 4.78 is 13.1. The van der Waals surface area contributed by atoms with Crippen LogP contribution in [0, 0.1) is 5.92 Å². The van der Waals surface area contributed by atoms with Crippen molar-refractivity contribution in [3.63, 3.8) is 0 Å². The number of furan rings is 1. The Morgan fingerprint density at radius 2 is 2.03 bits per heavy atom. The summed E-state index contributed by atoms with van der Waals surface area (Å²) in [6, 6.07) is 10.8. The number of ether oxygens (including phenoxy) is 1. The molecule has 1 aromatic carbocycles. The zero-order chi connectivity index (χ0) is 21.5. The lowest BCUT2D eigenvalue weighted by atomic mass is 10.2. The van der Waals surface area contributed by atoms with E-state index in [1.54, 1.807) is 42.5 Å². The molecule has 0 aliphatic rings. The van der Waals surface area contributed by atoms with Gasteiger partial charge in [-0.1, -0.05) is 37.2 Å². The number of hydrogen-bond donors (Lipinski definition) is 0. The molecule has 3 rings (SSSR count). The SMILES string of the molecule is CC(C)Cn1c(SCC(=O)N(C)CCOc2ccc(Cl)cc2)nnc1-c1ccco1. The molecule has 0 aliphatic carbocycles. The number of aromatic nitrogens is 3. The summed E-state index contributed by atoms with van der Waals surface area (Å²) in [6.45, 7) is 5.88. The predicted octanol–water partition coefficient (Wildman–Crippen LogP) is 4.48. The third-order valence-electron chi connectivity index (χ3n) is 4.27. The molecule has 0 N–H and O–H groups in total. The molecule has 0 fully saturated rings. The van der Waals surface area contributed by atoms with Crippen LogP contribution in [0.25, 0.3) is 11.6 Å². The highest BCUT2D eigenvalue weighted by molar-refractivity contribution is 7.99. The predicted molar refractivity (Wildman–Crippen MR) is 118 cm³/mol. The van der Waals surface area contributed by atoms with E-state index in [1.165, 1.54) is 11.8 Å². The highest BCUT2D eigenvalue weighted by atomic mass is 35.5. The van der Waals surface area contributed by atoms with Crippen LogP contribution in [-0.4, -0.2) is 51.5 Å². The molecule has 2 heterocycles. The van der Waals surface area contributed by atoms with E-state index in [9.17, 15) is 4.79 Å². The largest absolute Gasteiger partial charge is 0.492 e. The molecule has 30 heavy (non-hydrogen) atoms. The molecule has 160 valence electrons. The molecule has 0 unspecified atom stereocenters. The minimum Gasteiger partial charge on any atom is -0.492 e. The lowest BCUT2D eigenvalue weighted by Crippen LogP contribution is -2.32. The van der Waals surface area contributed by atoms with Gasteiger partial charge in [-0.2, -0.15) is 0 Å². The second-order valence-electron chi connectivity index (χ2n) is 7.19. The summed E-state index contributed by atoms with van der Waals surface area (Å²) in [7, 11) is 1.77. The Labute approximate surface area is 185 Å². The van der Waals surface area contributed by atoms with Crippen LogP contribution < -0.4 is 4.74 Å². The first kappa shape index (κ1) is 22.2. The summed E-state index contributed by atoms with van der Waals surface area (Å²) in [5, 5.41) is 9.91. The van der Waals surface area contributed by atoms with Gasteiger partial charge in [0.25, 0.3) is 0 Å². The van der Waals surface area contributed by atoms with E-state index in [1.807, 2.05) is 16.7 Å². The number of nitrogens with zero attached hydrogens (tertiary/aromatic N) is 4. The number of benzene rings is 1. The van der Waals surface area contributed by atoms with Crippen molar-refractivity contribution in [3.05, 3.63) is 47.7 Å². The highest BCUT2D eigenvalue weighted by Crippen LogP contribution is 2.25. The van der Waals surface area contributed by atoms with E-state index in [0.717, 1.165) is 12.3 Å². The summed E-state index contributed by atoms with van der Waals surface area (Å²) in [4.78, 5) is 14.2. The molecular formula is C21H25ClN4O3S. The fourth-order valence-electron chi connectivity index (χ4n) is 2.71. The molecule has 0 atom stereocenters. The van der Waals surface area contributed by atoms with Crippen LogP contribution in [0.2, 0.25) is 5.02 Å². The van der Waals surface area contributed by atoms with Gasteiger partial charge in [-0.25, -0.2) is 0 Å². The van der Waals surface area contributed by atoms with Crippen molar-refractivity contribution < 1.29 is 13.9 Å². The Hall–Kier alpha value is -2.45. The first-order valence-electron chi connectivity index (χ1n) is 9.66. The molecule has 0 radical (unpaired) electrons. The van der Waals surface area contributed by atoms with Crippen molar-refractivity contribution in [1.29, 1.82) is 0 Å². The Morgan fingerprint density at radius 3 is 2.70 bits per heavy atom. The first-order chi connectivity index (χ1) is 14.4. The van der Waals surface area contributed by atoms with Crippen LogP contribution in [0.15, 0.2) is 52.2 Å². The maximum atomic E-state index is 12.5. The van der Waals surface area contributed by atoms with Gasteiger partial charge in [0.2, 0.25) is 5.91 Å². The van der Waals surface area contributed by atoms with Crippen LogP contribution >= 0.6 is 23.4 Å². The molecule has 0 spiro atoms. The third kappa shape index (κ3) is 6.03. The zero-order valence-corrected chi connectivity index (χ0v) is 18.8. The Bertz CT molecular complexity index is 942. The van der Waals surface area contributed by atoms with Gasteiger partial charge >= 0.3 is 0 Å². The fourth-order valence-corrected chi connectivity index (χ4v) is 3.72. The smallest absolute Gasteiger partial charge is 0.232 e. The number of rotatable bonds is 10. The van der Waals surface area contributed by atoms with E-state index in [0.29, 0.717) is 40.8 Å². The number of carbonyl (C=O) groups is 1. The van der Waals surface area contributed by atoms with E-state index in [-0.39, 0.29) is 11.7 Å². The van der Waals surface area contributed by atoms with Gasteiger partial charge in [-0.05, 0) is 42.3 Å². The molecule has 0 bridgehead atoms. The van der Waals surface area contributed by atoms with Crippen molar-refractivity contribution in [3.8, 4) is 17.3 Å². The normalized spacial score (nSPS) is 11.1. The molecule has 7 nitrogen and oxygen atoms in total. The number of hydrogen-bond acceptors (Lipinski definition) is 6. The van der Waals surface area contributed by atoms with Gasteiger partial charge in [0.05, 0.1) is 18.6 Å². The maximum Gasteiger partial charge on any atom is 0.232 e. The molecule has 2 aromatic heterocycles. The number of halogens is 1. The van der Waals surface area contributed by atoms with E-state index in [4.69, 9.17) is 20.8 Å². The number of carbonyl (C=O) groups excluding carboxylic acids is 1. The second kappa shape index (κ2) is 10.5. The molecule has 1 amide bonds. The Kier molecular flexibility index (Phi) is 7.81. The summed E-state index contributed by atoms with van der Waals surface area (Å²) >= 11 is 7.24. The van der Waals surface area contributed by atoms with Crippen molar-refractivity contribution in [2.75, 3.05) is 26.0 Å². The van der Waals surface area contributed by atoms with Crippen LogP contribution in [0.4, 0.5) is 0 Å². The number of amides is 1. The monoisotopic (exact) mass is 448 g/mol. The van der Waals surface area contributed by atoms with Crippen molar-refractivity contribution in [2.45, 2.75) is 25.5 Å². The average molecular weight is 449 g/mol. The van der Waals surface area contributed by atoms with Crippen LogP contribution in [0.5, 0.6) is 5.75 Å². The first-order valence-corrected chi connectivity index (χ1v) is 11.0. The Balaban J connectivity index is 1.54. The van der Waals surface area contributed by atoms with Crippen LogP contribution in [-0.2, 0) is 11.3 Å². The minimum atomic E-state index is -0.00153. The summed E-state index contributed by atoms with van der Waals surface area (Å²) in [6.07, 6.45) is 1.61. The van der Waals surface area contributed by atoms with Gasteiger partial charge in [0, 0.05) is 18.6 Å². The van der Waals surface area contributed by atoms with E-state index >= 15 is 0 Å². The van der Waals surface area contributed by atoms with E-state index in [2.05, 4.69) is 24.0 Å². The minimum absolute atomic E-state index is 0.00153. The van der Waals surface area contributed by atoms with Crippen molar-refractivity contribution >= 4 is 29.3 Å². The number of thioether (sulfide) groups is 1. The molecule has 0 aliphatic heterocycles. The molecular weight excluding hydrogens is 424 g/mol. The van der Waals surface area contributed by atoms with Gasteiger partial charge in [-0.3, -0.25) is 9.36 Å². The molecule has 0 saturated heterocycles. The van der Waals surface area contributed by atoms with Crippen LogP contribution in [0.1, 0.15) is 13.8 Å². The zero-order valence-electron chi connectivity index (χ0n) is 17.2. The molecule has 0 saturated carbocycles. The fraction of sp³-hybridized carbons (Fsp3) is 0.381. The highest BCUT2D eigenvalue weighted by Gasteiger charge is 2.19. The van der Waals surface area contributed by atoms with Crippen molar-refractivity contribution in [1.82, 2.24) is 19.7 Å². The quantitative estimate of drug-likeness (QED) is 0.426. The third-order valence-corrected chi connectivity index (χ3v) is 5.47. The molecule has 3 aromatic rings. The average Bonchev–Trinajstić information content (AvgIpc) is 3.37. The Morgan fingerprint density at radius 1 is 1.27 bits per heavy atom. The summed E-state index contributed by atoms with van der Waals surface area (Å²) in [5.74, 6) is 2.73. The molecule has 9 heteroatoms. The van der Waals surface area contributed by atoms with Gasteiger partial charge in [0.1, 0.15) is 12.4 Å². The standard InChI is InChI=1S/C21H25ClN4O3S/c1-15(2)13-26-20(18-5-4-11-29-18)23-24-21(26)30-14-19(27)25(3)10-12-28-17-8-6-16(22)7-9-17/h4-9,11,15H,10,12-14H2,1-3H3. The number of likely N-dealkylation sites (N-methyl/N-ethyl adjacent to an activating group) is 1. The lowest BCUT2D eigenvalue weighted by Gasteiger charge is -2.17. The lowest BCUT2D eigenvalue weighted by molar-refractivity contribution is -0.127.